The van der Waals surface area contributed by atoms with E-state index in [1.54, 1.807) is 13.2 Å². The van der Waals surface area contributed by atoms with Crippen LogP contribution in [-0.4, -0.2) is 43.0 Å². The van der Waals surface area contributed by atoms with Gasteiger partial charge in [-0.15, -0.1) is 24.0 Å². The summed E-state index contributed by atoms with van der Waals surface area (Å²) in [6.45, 7) is 2.56. The standard InChI is InChI=1S/C19H26ClN5.HI/c1-21-19(25(2)15-16-8-7-9-17(20)14-16)24-13-6-5-12-23-18-10-3-4-11-22-18;/h3-4,7-11,14H,5-6,12-13,15H2,1-2H3,(H,21,24)(H,22,23);1H. The largest absolute Gasteiger partial charge is 0.370 e. The molecule has 5 nitrogen and oxygen atoms in total. The molecule has 0 unspecified atom stereocenters. The van der Waals surface area contributed by atoms with Crippen LogP contribution < -0.4 is 10.6 Å². The molecule has 0 atom stereocenters. The maximum Gasteiger partial charge on any atom is 0.193 e. The summed E-state index contributed by atoms with van der Waals surface area (Å²) in [5.74, 6) is 1.81. The van der Waals surface area contributed by atoms with Gasteiger partial charge in [-0.3, -0.25) is 4.99 Å². The zero-order valence-corrected chi connectivity index (χ0v) is 18.4. The van der Waals surface area contributed by atoms with Gasteiger partial charge < -0.3 is 15.5 Å². The molecule has 0 aliphatic rings. The number of hydrogen-bond acceptors (Lipinski definition) is 3. The Morgan fingerprint density at radius 1 is 1.15 bits per heavy atom. The highest BCUT2D eigenvalue weighted by Crippen LogP contribution is 2.12. The number of unbranched alkanes of at least 4 members (excludes halogenated alkanes) is 1. The van der Waals surface area contributed by atoms with Crippen LogP contribution in [-0.2, 0) is 6.54 Å². The lowest BCUT2D eigenvalue weighted by Crippen LogP contribution is -2.38. The van der Waals surface area contributed by atoms with Crippen LogP contribution in [0.25, 0.3) is 0 Å². The summed E-state index contributed by atoms with van der Waals surface area (Å²) in [4.78, 5) is 10.7. The highest BCUT2D eigenvalue weighted by molar-refractivity contribution is 14.0. The summed E-state index contributed by atoms with van der Waals surface area (Å²) >= 11 is 6.04. The van der Waals surface area contributed by atoms with Crippen molar-refractivity contribution >= 4 is 47.4 Å². The minimum absolute atomic E-state index is 0. The first-order valence-electron chi connectivity index (χ1n) is 8.50. The van der Waals surface area contributed by atoms with Crippen molar-refractivity contribution in [3.05, 3.63) is 59.2 Å². The normalized spacial score (nSPS) is 10.8. The molecule has 0 saturated carbocycles. The van der Waals surface area contributed by atoms with Crippen LogP contribution in [0.2, 0.25) is 5.02 Å². The summed E-state index contributed by atoms with van der Waals surface area (Å²) < 4.78 is 0. The highest BCUT2D eigenvalue weighted by atomic mass is 127. The molecule has 0 aliphatic carbocycles. The first-order valence-corrected chi connectivity index (χ1v) is 8.88. The van der Waals surface area contributed by atoms with Crippen molar-refractivity contribution in [3.63, 3.8) is 0 Å². The van der Waals surface area contributed by atoms with E-state index in [1.807, 2.05) is 43.4 Å². The molecule has 142 valence electrons. The van der Waals surface area contributed by atoms with Crippen molar-refractivity contribution in [1.29, 1.82) is 0 Å². The summed E-state index contributed by atoms with van der Waals surface area (Å²) in [6.07, 6.45) is 3.92. The number of nitrogens with one attached hydrogen (secondary N) is 2. The number of halogens is 2. The Hall–Kier alpha value is -1.54. The molecule has 0 spiro atoms. The Morgan fingerprint density at radius 3 is 2.65 bits per heavy atom. The lowest BCUT2D eigenvalue weighted by Gasteiger charge is -2.22. The van der Waals surface area contributed by atoms with Gasteiger partial charge in [0.15, 0.2) is 5.96 Å². The van der Waals surface area contributed by atoms with Crippen LogP contribution in [0.4, 0.5) is 5.82 Å². The number of guanidine groups is 1. The number of anilines is 1. The molecule has 0 radical (unpaired) electrons. The first-order chi connectivity index (χ1) is 12.2. The van der Waals surface area contributed by atoms with E-state index in [2.05, 4.69) is 31.6 Å². The average Bonchev–Trinajstić information content (AvgIpc) is 2.62. The average molecular weight is 488 g/mol. The number of rotatable bonds is 8. The van der Waals surface area contributed by atoms with Gasteiger partial charge in [0.2, 0.25) is 0 Å². The van der Waals surface area contributed by atoms with Crippen molar-refractivity contribution in [3.8, 4) is 0 Å². The van der Waals surface area contributed by atoms with Crippen LogP contribution in [0.5, 0.6) is 0 Å². The van der Waals surface area contributed by atoms with Crippen LogP contribution in [0.1, 0.15) is 18.4 Å². The molecule has 7 heteroatoms. The zero-order valence-electron chi connectivity index (χ0n) is 15.3. The van der Waals surface area contributed by atoms with Crippen LogP contribution in [0.3, 0.4) is 0 Å². The van der Waals surface area contributed by atoms with Crippen molar-refractivity contribution in [2.24, 2.45) is 4.99 Å². The van der Waals surface area contributed by atoms with Crippen molar-refractivity contribution in [2.45, 2.75) is 19.4 Å². The number of benzene rings is 1. The van der Waals surface area contributed by atoms with Crippen molar-refractivity contribution in [2.75, 3.05) is 32.5 Å². The van der Waals surface area contributed by atoms with E-state index in [0.717, 1.165) is 54.8 Å². The molecule has 1 heterocycles. The summed E-state index contributed by atoms with van der Waals surface area (Å²) in [6, 6.07) is 13.8. The second-order valence-corrected chi connectivity index (χ2v) is 6.25. The van der Waals surface area contributed by atoms with Crippen LogP contribution >= 0.6 is 35.6 Å². The van der Waals surface area contributed by atoms with E-state index >= 15 is 0 Å². The third-order valence-corrected chi connectivity index (χ3v) is 3.97. The van der Waals surface area contributed by atoms with Gasteiger partial charge in [-0.25, -0.2) is 4.98 Å². The van der Waals surface area contributed by atoms with Gasteiger partial charge in [0, 0.05) is 44.9 Å². The highest BCUT2D eigenvalue weighted by Gasteiger charge is 2.06. The summed E-state index contributed by atoms with van der Waals surface area (Å²) in [5.41, 5.74) is 1.16. The lowest BCUT2D eigenvalue weighted by atomic mass is 10.2. The SMILES string of the molecule is CN=C(NCCCCNc1ccccn1)N(C)Cc1cccc(Cl)c1.I. The van der Waals surface area contributed by atoms with Gasteiger partial charge >= 0.3 is 0 Å². The number of hydrogen-bond donors (Lipinski definition) is 2. The molecule has 2 N–H and O–H groups in total. The molecule has 0 fully saturated rings. The van der Waals surface area contributed by atoms with Gasteiger partial charge in [0.1, 0.15) is 5.82 Å². The Balaban J connectivity index is 0.00000338. The predicted octanol–water partition coefficient (Wildman–Crippen LogP) is 4.25. The lowest BCUT2D eigenvalue weighted by molar-refractivity contribution is 0.475. The van der Waals surface area contributed by atoms with E-state index in [0.29, 0.717) is 0 Å². The van der Waals surface area contributed by atoms with Gasteiger partial charge in [-0.2, -0.15) is 0 Å². The maximum atomic E-state index is 6.04. The maximum absolute atomic E-state index is 6.04. The van der Waals surface area contributed by atoms with E-state index in [9.17, 15) is 0 Å². The Morgan fingerprint density at radius 2 is 1.96 bits per heavy atom. The van der Waals surface area contributed by atoms with Crippen molar-refractivity contribution < 1.29 is 0 Å². The van der Waals surface area contributed by atoms with Gasteiger partial charge in [0.05, 0.1) is 0 Å². The molecule has 2 aromatic rings. The quantitative estimate of drug-likeness (QED) is 0.253. The van der Waals surface area contributed by atoms with E-state index in [-0.39, 0.29) is 24.0 Å². The monoisotopic (exact) mass is 487 g/mol. The van der Waals surface area contributed by atoms with Gasteiger partial charge in [-0.05, 0) is 42.7 Å². The fourth-order valence-electron chi connectivity index (χ4n) is 2.50. The number of nitrogens with zero attached hydrogens (tertiary/aromatic N) is 3. The third kappa shape index (κ3) is 8.23. The van der Waals surface area contributed by atoms with Gasteiger partial charge in [-0.1, -0.05) is 29.8 Å². The predicted molar refractivity (Wildman–Crippen MR) is 122 cm³/mol. The van der Waals surface area contributed by atoms with Gasteiger partial charge in [0.25, 0.3) is 0 Å². The van der Waals surface area contributed by atoms with E-state index < -0.39 is 0 Å². The molecule has 0 bridgehead atoms. The first kappa shape index (κ1) is 22.5. The molecule has 0 amide bonds. The molecular formula is C19H27ClIN5. The minimum atomic E-state index is 0. The topological polar surface area (TPSA) is 52.6 Å². The molecule has 0 aliphatic heterocycles. The molecule has 26 heavy (non-hydrogen) atoms. The number of pyridine rings is 1. The molecular weight excluding hydrogens is 461 g/mol. The Kier molecular flexibility index (Phi) is 11.0. The smallest absolute Gasteiger partial charge is 0.193 e. The molecule has 2 rings (SSSR count). The fourth-order valence-corrected chi connectivity index (χ4v) is 2.72. The second-order valence-electron chi connectivity index (χ2n) is 5.81. The summed E-state index contributed by atoms with van der Waals surface area (Å²) in [5, 5.41) is 7.48. The summed E-state index contributed by atoms with van der Waals surface area (Å²) in [7, 11) is 3.83. The van der Waals surface area contributed by atoms with Crippen LogP contribution in [0.15, 0.2) is 53.7 Å². The third-order valence-electron chi connectivity index (χ3n) is 3.74. The van der Waals surface area contributed by atoms with Crippen LogP contribution in [0, 0.1) is 0 Å². The Labute approximate surface area is 178 Å². The number of aromatic nitrogens is 1. The Bertz CT molecular complexity index is 666. The molecule has 0 saturated heterocycles. The zero-order chi connectivity index (χ0) is 17.9. The number of aliphatic imine (C=N–C) groups is 1. The minimum Gasteiger partial charge on any atom is -0.370 e. The molecule has 1 aromatic carbocycles. The fraction of sp³-hybridized carbons (Fsp3) is 0.368. The van der Waals surface area contributed by atoms with Crippen molar-refractivity contribution in [1.82, 2.24) is 15.2 Å². The van der Waals surface area contributed by atoms with E-state index in [4.69, 9.17) is 11.6 Å². The molecule has 1 aromatic heterocycles. The second kappa shape index (κ2) is 12.8. The van der Waals surface area contributed by atoms with E-state index in [1.165, 1.54) is 0 Å².